The molecule has 0 saturated carbocycles. The molecule has 9 nitrogen and oxygen atoms in total. The van der Waals surface area contributed by atoms with Crippen LogP contribution in [0.15, 0.2) is 77.7 Å². The third kappa shape index (κ3) is 8.03. The molecular weight excluding hydrogens is 554 g/mol. The van der Waals surface area contributed by atoms with Crippen molar-refractivity contribution in [2.24, 2.45) is 5.92 Å². The van der Waals surface area contributed by atoms with E-state index in [1.54, 1.807) is 30.3 Å². The molecular formula is C32H41N3O6S. The largest absolute Gasteiger partial charge is 0.493 e. The van der Waals surface area contributed by atoms with Gasteiger partial charge in [-0.3, -0.25) is 13.9 Å². The molecule has 0 radical (unpaired) electrons. The summed E-state index contributed by atoms with van der Waals surface area (Å²) in [5, 5.41) is 2.94. The average molecular weight is 596 g/mol. The minimum absolute atomic E-state index is 0.0661. The minimum atomic E-state index is -4.24. The smallest absolute Gasteiger partial charge is 0.264 e. The number of amides is 2. The fraction of sp³-hybridized carbons (Fsp3) is 0.375. The van der Waals surface area contributed by atoms with E-state index in [1.807, 2.05) is 52.0 Å². The lowest BCUT2D eigenvalue weighted by molar-refractivity contribution is -0.140. The second-order valence-electron chi connectivity index (χ2n) is 10.4. The van der Waals surface area contributed by atoms with Crippen molar-refractivity contribution < 1.29 is 27.5 Å². The predicted molar refractivity (Wildman–Crippen MR) is 164 cm³/mol. The molecule has 2 amide bonds. The molecule has 3 aromatic rings. The van der Waals surface area contributed by atoms with Crippen molar-refractivity contribution in [3.8, 4) is 11.5 Å². The van der Waals surface area contributed by atoms with E-state index in [2.05, 4.69) is 5.32 Å². The van der Waals surface area contributed by atoms with Crippen LogP contribution in [0.4, 0.5) is 5.69 Å². The maximum atomic E-state index is 14.1. The van der Waals surface area contributed by atoms with E-state index in [0.29, 0.717) is 24.4 Å². The number of methoxy groups -OCH3 is 2. The van der Waals surface area contributed by atoms with Gasteiger partial charge in [0.05, 0.1) is 24.8 Å². The molecule has 1 atom stereocenters. The average Bonchev–Trinajstić information content (AvgIpc) is 2.99. The predicted octanol–water partition coefficient (Wildman–Crippen LogP) is 4.79. The molecule has 0 fully saturated rings. The molecule has 0 saturated heterocycles. The normalized spacial score (nSPS) is 12.0. The van der Waals surface area contributed by atoms with Crippen molar-refractivity contribution in [3.05, 3.63) is 83.9 Å². The number of benzene rings is 3. The molecule has 42 heavy (non-hydrogen) atoms. The third-order valence-corrected chi connectivity index (χ3v) is 8.58. The summed E-state index contributed by atoms with van der Waals surface area (Å²) >= 11 is 0. The van der Waals surface area contributed by atoms with Gasteiger partial charge in [-0.25, -0.2) is 8.42 Å². The maximum absolute atomic E-state index is 14.1. The Morgan fingerprint density at radius 3 is 2.12 bits per heavy atom. The molecule has 0 heterocycles. The lowest BCUT2D eigenvalue weighted by atomic mass is 10.1. The van der Waals surface area contributed by atoms with E-state index >= 15 is 0 Å². The maximum Gasteiger partial charge on any atom is 0.264 e. The molecule has 3 aromatic carbocycles. The molecule has 0 aromatic heterocycles. The highest BCUT2D eigenvalue weighted by atomic mass is 32.2. The van der Waals surface area contributed by atoms with E-state index in [0.717, 1.165) is 15.4 Å². The first-order chi connectivity index (χ1) is 20.0. The van der Waals surface area contributed by atoms with E-state index in [9.17, 15) is 18.0 Å². The van der Waals surface area contributed by atoms with Gasteiger partial charge in [0.2, 0.25) is 11.8 Å². The highest BCUT2D eigenvalue weighted by Crippen LogP contribution is 2.32. The highest BCUT2D eigenvalue weighted by molar-refractivity contribution is 7.92. The Bertz CT molecular complexity index is 1440. The Kier molecular flexibility index (Phi) is 11.4. The standard InChI is InChI=1S/C32H41N3O6S/c1-7-28(32(37)33-20-23(2)3)34(21-25-15-13-24(4)14-16-25)31(36)22-35(26-11-9-8-10-12-26)42(38,39)27-17-18-29(40-5)30(19-27)41-6/h8-19,23,28H,7,20-22H2,1-6H3,(H,33,37)/t28-/m0/s1. The summed E-state index contributed by atoms with van der Waals surface area (Å²) in [4.78, 5) is 28.9. The van der Waals surface area contributed by atoms with Crippen molar-refractivity contribution in [2.75, 3.05) is 31.6 Å². The van der Waals surface area contributed by atoms with Gasteiger partial charge in [0, 0.05) is 19.2 Å². The van der Waals surface area contributed by atoms with Crippen LogP contribution in [-0.4, -0.2) is 58.5 Å². The van der Waals surface area contributed by atoms with Gasteiger partial charge in [0.1, 0.15) is 12.6 Å². The van der Waals surface area contributed by atoms with E-state index in [4.69, 9.17) is 9.47 Å². The zero-order chi connectivity index (χ0) is 30.9. The Balaban J connectivity index is 2.05. The Morgan fingerprint density at radius 2 is 1.55 bits per heavy atom. The number of anilines is 1. The molecule has 226 valence electrons. The lowest BCUT2D eigenvalue weighted by Gasteiger charge is -2.33. The summed E-state index contributed by atoms with van der Waals surface area (Å²) in [7, 11) is -1.36. The molecule has 3 rings (SSSR count). The fourth-order valence-electron chi connectivity index (χ4n) is 4.46. The van der Waals surface area contributed by atoms with Gasteiger partial charge >= 0.3 is 0 Å². The summed E-state index contributed by atoms with van der Waals surface area (Å²) in [5.74, 6) is 0.0663. The highest BCUT2D eigenvalue weighted by Gasteiger charge is 2.34. The number of hydrogen-bond donors (Lipinski definition) is 1. The first-order valence-electron chi connectivity index (χ1n) is 13.9. The Labute approximate surface area is 249 Å². The van der Waals surface area contributed by atoms with Crippen molar-refractivity contribution in [1.29, 1.82) is 0 Å². The summed E-state index contributed by atoms with van der Waals surface area (Å²) < 4.78 is 39.8. The number of nitrogens with one attached hydrogen (secondary N) is 1. The number of carbonyl (C=O) groups is 2. The van der Waals surface area contributed by atoms with Crippen molar-refractivity contribution in [1.82, 2.24) is 10.2 Å². The van der Waals surface area contributed by atoms with Crippen molar-refractivity contribution >= 4 is 27.5 Å². The van der Waals surface area contributed by atoms with E-state index in [-0.39, 0.29) is 29.0 Å². The number of para-hydroxylation sites is 1. The summed E-state index contributed by atoms with van der Waals surface area (Å²) in [5.41, 5.74) is 2.21. The van der Waals surface area contributed by atoms with E-state index < -0.39 is 28.5 Å². The summed E-state index contributed by atoms with van der Waals surface area (Å²) in [6.45, 7) is 7.89. The van der Waals surface area contributed by atoms with Crippen molar-refractivity contribution in [2.45, 2.75) is 51.6 Å². The van der Waals surface area contributed by atoms with Crippen LogP contribution in [0.2, 0.25) is 0 Å². The molecule has 0 aliphatic rings. The number of carbonyl (C=O) groups excluding carboxylic acids is 2. The van der Waals surface area contributed by atoms with Crippen LogP contribution < -0.4 is 19.1 Å². The number of nitrogens with zero attached hydrogens (tertiary/aromatic N) is 2. The first-order valence-corrected chi connectivity index (χ1v) is 15.4. The third-order valence-electron chi connectivity index (χ3n) is 6.81. The zero-order valence-corrected chi connectivity index (χ0v) is 26.0. The zero-order valence-electron chi connectivity index (χ0n) is 25.2. The Hall–Kier alpha value is -4.05. The molecule has 0 unspecified atom stereocenters. The van der Waals surface area contributed by atoms with Gasteiger partial charge in [-0.05, 0) is 49.1 Å². The SMILES string of the molecule is CC[C@@H](C(=O)NCC(C)C)N(Cc1ccc(C)cc1)C(=O)CN(c1ccccc1)S(=O)(=O)c1ccc(OC)c(OC)c1. The van der Waals surface area contributed by atoms with Crippen LogP contribution in [0.3, 0.4) is 0 Å². The topological polar surface area (TPSA) is 105 Å². The fourth-order valence-corrected chi connectivity index (χ4v) is 5.89. The van der Waals surface area contributed by atoms with E-state index in [1.165, 1.54) is 37.3 Å². The second kappa shape index (κ2) is 14.7. The van der Waals surface area contributed by atoms with Gasteiger partial charge < -0.3 is 19.7 Å². The van der Waals surface area contributed by atoms with Crippen molar-refractivity contribution in [3.63, 3.8) is 0 Å². The molecule has 0 bridgehead atoms. The Morgan fingerprint density at radius 1 is 0.905 bits per heavy atom. The van der Waals surface area contributed by atoms with Gasteiger partial charge in [-0.1, -0.05) is 68.8 Å². The molecule has 10 heteroatoms. The van der Waals surface area contributed by atoms with Crippen LogP contribution >= 0.6 is 0 Å². The number of sulfonamides is 1. The second-order valence-corrected chi connectivity index (χ2v) is 12.3. The molecule has 0 aliphatic heterocycles. The van der Waals surface area contributed by atoms with Crippen LogP contribution in [0.5, 0.6) is 11.5 Å². The van der Waals surface area contributed by atoms with Crippen LogP contribution in [0.1, 0.15) is 38.3 Å². The summed E-state index contributed by atoms with van der Waals surface area (Å²) in [6, 6.07) is 19.6. The summed E-state index contributed by atoms with van der Waals surface area (Å²) in [6.07, 6.45) is 0.356. The van der Waals surface area contributed by atoms with Gasteiger partial charge in [-0.15, -0.1) is 0 Å². The number of aryl methyl sites for hydroxylation is 1. The van der Waals surface area contributed by atoms with Crippen LogP contribution in [-0.2, 0) is 26.2 Å². The molecule has 0 spiro atoms. The number of rotatable bonds is 14. The number of ether oxygens (including phenoxy) is 2. The minimum Gasteiger partial charge on any atom is -0.493 e. The first kappa shape index (κ1) is 32.5. The van der Waals surface area contributed by atoms with Gasteiger partial charge in [0.15, 0.2) is 11.5 Å². The van der Waals surface area contributed by atoms with Crippen LogP contribution in [0.25, 0.3) is 0 Å². The molecule has 0 aliphatic carbocycles. The monoisotopic (exact) mass is 595 g/mol. The number of hydrogen-bond acceptors (Lipinski definition) is 6. The van der Waals surface area contributed by atoms with Gasteiger partial charge in [0.25, 0.3) is 10.0 Å². The molecule has 1 N–H and O–H groups in total. The van der Waals surface area contributed by atoms with Crippen LogP contribution in [0, 0.1) is 12.8 Å². The van der Waals surface area contributed by atoms with Gasteiger partial charge in [-0.2, -0.15) is 0 Å². The lowest BCUT2D eigenvalue weighted by Crippen LogP contribution is -2.52. The quantitative estimate of drug-likeness (QED) is 0.288.